The summed E-state index contributed by atoms with van der Waals surface area (Å²) in [5, 5.41) is 15.8. The molecule has 84 valence electrons. The molecule has 0 spiro atoms. The normalized spacial score (nSPS) is 9.65. The molecule has 0 aliphatic carbocycles. The van der Waals surface area contributed by atoms with E-state index in [1.807, 2.05) is 6.07 Å². The first-order valence-corrected chi connectivity index (χ1v) is 4.66. The molecule has 0 radical (unpaired) electrons. The van der Waals surface area contributed by atoms with Gasteiger partial charge in [-0.25, -0.2) is 4.39 Å². The van der Waals surface area contributed by atoms with Crippen LogP contribution in [0.1, 0.15) is 5.56 Å². The quantitative estimate of drug-likeness (QED) is 0.851. The summed E-state index contributed by atoms with van der Waals surface area (Å²) >= 11 is 0. The first-order chi connectivity index (χ1) is 8.19. The Morgan fingerprint density at radius 1 is 1.24 bits per heavy atom. The van der Waals surface area contributed by atoms with Gasteiger partial charge in [0.1, 0.15) is 5.82 Å². The third-order valence-corrected chi connectivity index (χ3v) is 1.94. The predicted octanol–water partition coefficient (Wildman–Crippen LogP) is 1.86. The van der Waals surface area contributed by atoms with E-state index in [0.717, 1.165) is 6.07 Å². The van der Waals surface area contributed by atoms with Gasteiger partial charge in [0, 0.05) is 6.07 Å². The zero-order valence-corrected chi connectivity index (χ0v) is 8.59. The highest BCUT2D eigenvalue weighted by Crippen LogP contribution is 2.23. The molecule has 2 N–H and O–H groups in total. The van der Waals surface area contributed by atoms with Crippen molar-refractivity contribution >= 4 is 5.82 Å². The van der Waals surface area contributed by atoms with Crippen LogP contribution in [0.25, 0.3) is 0 Å². The van der Waals surface area contributed by atoms with Gasteiger partial charge in [-0.15, -0.1) is 10.2 Å². The van der Waals surface area contributed by atoms with Gasteiger partial charge in [0.2, 0.25) is 5.88 Å². The van der Waals surface area contributed by atoms with E-state index in [1.165, 1.54) is 24.3 Å². The number of hydrogen-bond donors (Lipinski definition) is 1. The second-order valence-corrected chi connectivity index (χ2v) is 3.16. The van der Waals surface area contributed by atoms with Crippen LogP contribution in [0.2, 0.25) is 0 Å². The molecule has 0 unspecified atom stereocenters. The van der Waals surface area contributed by atoms with Crippen molar-refractivity contribution in [1.29, 1.82) is 5.26 Å². The Balaban J connectivity index is 2.25. The molecular weight excluding hydrogens is 223 g/mol. The highest BCUT2D eigenvalue weighted by molar-refractivity contribution is 5.38. The third-order valence-electron chi connectivity index (χ3n) is 1.94. The van der Waals surface area contributed by atoms with Gasteiger partial charge in [-0.2, -0.15) is 5.26 Å². The number of nitrogen functional groups attached to an aromatic ring is 1. The number of nitriles is 1. The van der Waals surface area contributed by atoms with Gasteiger partial charge in [0.05, 0.1) is 11.6 Å². The Morgan fingerprint density at radius 2 is 2.06 bits per heavy atom. The number of rotatable bonds is 2. The van der Waals surface area contributed by atoms with Crippen molar-refractivity contribution in [3.8, 4) is 17.7 Å². The van der Waals surface area contributed by atoms with E-state index in [9.17, 15) is 4.39 Å². The molecule has 5 nitrogen and oxygen atoms in total. The minimum atomic E-state index is -0.636. The summed E-state index contributed by atoms with van der Waals surface area (Å²) < 4.78 is 18.6. The van der Waals surface area contributed by atoms with Crippen molar-refractivity contribution in [3.63, 3.8) is 0 Å². The lowest BCUT2D eigenvalue weighted by Crippen LogP contribution is -1.96. The number of nitrogens with zero attached hydrogens (tertiary/aromatic N) is 3. The van der Waals surface area contributed by atoms with Crippen molar-refractivity contribution in [1.82, 2.24) is 10.2 Å². The van der Waals surface area contributed by atoms with Gasteiger partial charge in [-0.1, -0.05) is 0 Å². The summed E-state index contributed by atoms with van der Waals surface area (Å²) in [5.74, 6) is -0.286. The summed E-state index contributed by atoms with van der Waals surface area (Å²) in [5.41, 5.74) is 5.57. The average Bonchev–Trinajstić information content (AvgIpc) is 2.34. The summed E-state index contributed by atoms with van der Waals surface area (Å²) in [7, 11) is 0. The number of nitrogens with two attached hydrogens (primary N) is 1. The minimum Gasteiger partial charge on any atom is -0.434 e. The SMILES string of the molecule is N#Cc1ccc(Oc2ccc(N)nn2)c(F)c1. The van der Waals surface area contributed by atoms with Gasteiger partial charge in [0.25, 0.3) is 0 Å². The maximum Gasteiger partial charge on any atom is 0.239 e. The Bertz CT molecular complexity index is 577. The van der Waals surface area contributed by atoms with Crippen LogP contribution < -0.4 is 10.5 Å². The van der Waals surface area contributed by atoms with Crippen molar-refractivity contribution < 1.29 is 9.13 Å². The van der Waals surface area contributed by atoms with Crippen molar-refractivity contribution in [3.05, 3.63) is 41.7 Å². The Hall–Kier alpha value is -2.68. The number of anilines is 1. The molecule has 0 fully saturated rings. The standard InChI is InChI=1S/C11H7FN4O/c12-8-5-7(6-13)1-2-9(8)17-11-4-3-10(14)15-16-11/h1-5H,(H2,14,15). The fourth-order valence-corrected chi connectivity index (χ4v) is 1.15. The highest BCUT2D eigenvalue weighted by Gasteiger charge is 2.06. The van der Waals surface area contributed by atoms with Gasteiger partial charge in [-0.05, 0) is 24.3 Å². The van der Waals surface area contributed by atoms with E-state index in [0.29, 0.717) is 0 Å². The maximum atomic E-state index is 13.5. The topological polar surface area (TPSA) is 84.8 Å². The van der Waals surface area contributed by atoms with Crippen LogP contribution in [-0.4, -0.2) is 10.2 Å². The maximum absolute atomic E-state index is 13.5. The molecule has 17 heavy (non-hydrogen) atoms. The molecule has 2 aromatic rings. The van der Waals surface area contributed by atoms with Crippen LogP contribution in [0, 0.1) is 17.1 Å². The molecular formula is C11H7FN4O. The molecule has 0 saturated heterocycles. The average molecular weight is 230 g/mol. The monoisotopic (exact) mass is 230 g/mol. The first-order valence-electron chi connectivity index (χ1n) is 4.66. The number of ether oxygens (including phenoxy) is 1. The van der Waals surface area contributed by atoms with Gasteiger partial charge in [0.15, 0.2) is 11.6 Å². The van der Waals surface area contributed by atoms with Gasteiger partial charge in [-0.3, -0.25) is 0 Å². The largest absolute Gasteiger partial charge is 0.434 e. The molecule has 0 atom stereocenters. The third kappa shape index (κ3) is 2.46. The fourth-order valence-electron chi connectivity index (χ4n) is 1.15. The molecule has 0 saturated carbocycles. The molecule has 0 aliphatic rings. The van der Waals surface area contributed by atoms with E-state index in [1.54, 1.807) is 0 Å². The minimum absolute atomic E-state index is 0.0249. The molecule has 2 rings (SSSR count). The number of halogens is 1. The number of aromatic nitrogens is 2. The zero-order chi connectivity index (χ0) is 12.3. The summed E-state index contributed by atoms with van der Waals surface area (Å²) in [6, 6.07) is 8.67. The van der Waals surface area contributed by atoms with Gasteiger partial charge >= 0.3 is 0 Å². The van der Waals surface area contributed by atoms with Gasteiger partial charge < -0.3 is 10.5 Å². The molecule has 0 amide bonds. The van der Waals surface area contributed by atoms with E-state index in [-0.39, 0.29) is 23.0 Å². The Morgan fingerprint density at radius 3 is 2.65 bits per heavy atom. The van der Waals surface area contributed by atoms with Crippen LogP contribution in [-0.2, 0) is 0 Å². The van der Waals surface area contributed by atoms with Crippen molar-refractivity contribution in [2.24, 2.45) is 0 Å². The lowest BCUT2D eigenvalue weighted by atomic mass is 10.2. The molecule has 0 bridgehead atoms. The Labute approximate surface area is 96.3 Å². The predicted molar refractivity (Wildman–Crippen MR) is 57.6 cm³/mol. The first kappa shape index (κ1) is 10.8. The van der Waals surface area contributed by atoms with Crippen LogP contribution in [0.15, 0.2) is 30.3 Å². The van der Waals surface area contributed by atoms with Crippen molar-refractivity contribution in [2.75, 3.05) is 5.73 Å². The van der Waals surface area contributed by atoms with E-state index >= 15 is 0 Å². The smallest absolute Gasteiger partial charge is 0.239 e. The van der Waals surface area contributed by atoms with E-state index in [2.05, 4.69) is 10.2 Å². The number of hydrogen-bond acceptors (Lipinski definition) is 5. The molecule has 0 aliphatic heterocycles. The van der Waals surface area contributed by atoms with Crippen LogP contribution >= 0.6 is 0 Å². The van der Waals surface area contributed by atoms with Crippen LogP contribution in [0.3, 0.4) is 0 Å². The molecule has 1 aromatic heterocycles. The summed E-state index contributed by atoms with van der Waals surface area (Å²) in [6.45, 7) is 0. The fraction of sp³-hybridized carbons (Fsp3) is 0. The molecule has 6 heteroatoms. The lowest BCUT2D eigenvalue weighted by Gasteiger charge is -2.04. The molecule has 1 aromatic carbocycles. The highest BCUT2D eigenvalue weighted by atomic mass is 19.1. The zero-order valence-electron chi connectivity index (χ0n) is 8.59. The number of benzene rings is 1. The second-order valence-electron chi connectivity index (χ2n) is 3.16. The van der Waals surface area contributed by atoms with Crippen LogP contribution in [0.4, 0.5) is 10.2 Å². The van der Waals surface area contributed by atoms with E-state index in [4.69, 9.17) is 15.7 Å². The van der Waals surface area contributed by atoms with Crippen LogP contribution in [0.5, 0.6) is 11.6 Å². The van der Waals surface area contributed by atoms with Crippen molar-refractivity contribution in [2.45, 2.75) is 0 Å². The second kappa shape index (κ2) is 4.45. The lowest BCUT2D eigenvalue weighted by molar-refractivity contribution is 0.422. The Kier molecular flexibility index (Phi) is 2.83. The van der Waals surface area contributed by atoms with E-state index < -0.39 is 5.82 Å². The summed E-state index contributed by atoms with van der Waals surface area (Å²) in [4.78, 5) is 0. The molecule has 1 heterocycles. The summed E-state index contributed by atoms with van der Waals surface area (Å²) in [6.07, 6.45) is 0.